The van der Waals surface area contributed by atoms with Gasteiger partial charge in [0.05, 0.1) is 12.0 Å². The first kappa shape index (κ1) is 18.4. The van der Waals surface area contributed by atoms with Crippen LogP contribution in [-0.2, 0) is 9.53 Å². The molecule has 23 heavy (non-hydrogen) atoms. The Kier molecular flexibility index (Phi) is 6.49. The normalized spacial score (nSPS) is 11.7. The second kappa shape index (κ2) is 8.11. The molecule has 0 aliphatic heterocycles. The minimum Gasteiger partial charge on any atom is -0.496 e. The lowest BCUT2D eigenvalue weighted by Crippen LogP contribution is -2.38. The number of nitro groups is 1. The highest BCUT2D eigenvalue weighted by Crippen LogP contribution is 2.24. The number of nitro benzene ring substituents is 1. The molecule has 0 saturated heterocycles. The fourth-order valence-electron chi connectivity index (χ4n) is 1.64. The molecule has 0 bridgehead atoms. The van der Waals surface area contributed by atoms with E-state index in [2.05, 4.69) is 5.32 Å². The van der Waals surface area contributed by atoms with Crippen LogP contribution >= 0.6 is 0 Å². The van der Waals surface area contributed by atoms with Crippen molar-refractivity contribution in [2.45, 2.75) is 26.8 Å². The Labute approximate surface area is 133 Å². The van der Waals surface area contributed by atoms with E-state index in [1.807, 2.05) is 20.8 Å². The van der Waals surface area contributed by atoms with Gasteiger partial charge in [0, 0.05) is 18.2 Å². The van der Waals surface area contributed by atoms with Gasteiger partial charge in [-0.2, -0.15) is 0 Å². The maximum absolute atomic E-state index is 12.0. The van der Waals surface area contributed by atoms with Crippen LogP contribution in [0.5, 0.6) is 5.75 Å². The van der Waals surface area contributed by atoms with Crippen LogP contribution < -0.4 is 10.1 Å². The van der Waals surface area contributed by atoms with Crippen molar-refractivity contribution in [3.8, 4) is 5.75 Å². The average Bonchev–Trinajstić information content (AvgIpc) is 2.51. The highest BCUT2D eigenvalue weighted by Gasteiger charge is 2.20. The van der Waals surface area contributed by atoms with Crippen LogP contribution in [0.4, 0.5) is 5.69 Å². The molecular weight excluding hydrogens is 304 g/mol. The summed E-state index contributed by atoms with van der Waals surface area (Å²) in [6.07, 6.45) is 0. The zero-order valence-electron chi connectivity index (χ0n) is 13.5. The summed E-state index contributed by atoms with van der Waals surface area (Å²) >= 11 is 0. The Balaban J connectivity index is 2.76. The SMILES string of the molecule is COc1ccc([N+](=O)[O-])cc1C(=O)OCC(=O)N[C@H](C)C(C)C. The van der Waals surface area contributed by atoms with Crippen molar-refractivity contribution in [1.29, 1.82) is 0 Å². The molecule has 8 nitrogen and oxygen atoms in total. The quantitative estimate of drug-likeness (QED) is 0.466. The molecule has 0 spiro atoms. The number of ether oxygens (including phenoxy) is 2. The summed E-state index contributed by atoms with van der Waals surface area (Å²) in [4.78, 5) is 33.9. The van der Waals surface area contributed by atoms with Gasteiger partial charge in [-0.1, -0.05) is 13.8 Å². The highest BCUT2D eigenvalue weighted by atomic mass is 16.6. The number of esters is 1. The molecule has 0 radical (unpaired) electrons. The molecular formula is C15H20N2O6. The Bertz CT molecular complexity index is 600. The summed E-state index contributed by atoms with van der Waals surface area (Å²) in [5.41, 5.74) is -0.373. The number of carbonyl (C=O) groups excluding carboxylic acids is 2. The first-order valence-corrected chi connectivity index (χ1v) is 7.05. The predicted octanol–water partition coefficient (Wildman–Crippen LogP) is 1.92. The fourth-order valence-corrected chi connectivity index (χ4v) is 1.64. The zero-order valence-corrected chi connectivity index (χ0v) is 13.5. The van der Waals surface area contributed by atoms with E-state index >= 15 is 0 Å². The van der Waals surface area contributed by atoms with Crippen LogP contribution in [0, 0.1) is 16.0 Å². The smallest absolute Gasteiger partial charge is 0.342 e. The summed E-state index contributed by atoms with van der Waals surface area (Å²) in [6, 6.07) is 3.51. The van der Waals surface area contributed by atoms with Crippen molar-refractivity contribution in [2.75, 3.05) is 13.7 Å². The van der Waals surface area contributed by atoms with Gasteiger partial charge < -0.3 is 14.8 Å². The number of non-ortho nitro benzene ring substituents is 1. The molecule has 0 aliphatic rings. The second-order valence-corrected chi connectivity index (χ2v) is 5.32. The van der Waals surface area contributed by atoms with Crippen LogP contribution in [0.25, 0.3) is 0 Å². The number of benzene rings is 1. The minimum atomic E-state index is -0.863. The summed E-state index contributed by atoms with van der Waals surface area (Å²) in [5.74, 6) is -0.926. The third kappa shape index (κ3) is 5.24. The van der Waals surface area contributed by atoms with Crippen LogP contribution in [-0.4, -0.2) is 36.6 Å². The molecule has 1 rings (SSSR count). The minimum absolute atomic E-state index is 0.0615. The number of carbonyl (C=O) groups is 2. The van der Waals surface area contributed by atoms with Crippen LogP contribution in [0.15, 0.2) is 18.2 Å². The van der Waals surface area contributed by atoms with E-state index in [-0.39, 0.29) is 29.0 Å². The molecule has 1 N–H and O–H groups in total. The van der Waals surface area contributed by atoms with Crippen molar-refractivity contribution < 1.29 is 24.0 Å². The molecule has 1 atom stereocenters. The number of nitrogens with one attached hydrogen (secondary N) is 1. The molecule has 8 heteroatoms. The molecule has 1 aromatic rings. The van der Waals surface area contributed by atoms with Gasteiger partial charge in [0.2, 0.25) is 0 Å². The monoisotopic (exact) mass is 324 g/mol. The van der Waals surface area contributed by atoms with Crippen LogP contribution in [0.1, 0.15) is 31.1 Å². The number of amides is 1. The van der Waals surface area contributed by atoms with Crippen molar-refractivity contribution >= 4 is 17.6 Å². The molecule has 0 heterocycles. The van der Waals surface area contributed by atoms with Crippen molar-refractivity contribution in [3.63, 3.8) is 0 Å². The number of hydrogen-bond donors (Lipinski definition) is 1. The van der Waals surface area contributed by atoms with Crippen molar-refractivity contribution in [1.82, 2.24) is 5.32 Å². The van der Waals surface area contributed by atoms with E-state index < -0.39 is 23.4 Å². The summed E-state index contributed by atoms with van der Waals surface area (Å²) < 4.78 is 9.87. The largest absolute Gasteiger partial charge is 0.496 e. The van der Waals surface area contributed by atoms with E-state index in [9.17, 15) is 19.7 Å². The summed E-state index contributed by atoms with van der Waals surface area (Å²) in [5, 5.41) is 13.5. The average molecular weight is 324 g/mol. The molecule has 1 aromatic carbocycles. The Morgan fingerprint density at radius 2 is 1.96 bits per heavy atom. The van der Waals surface area contributed by atoms with Gasteiger partial charge in [-0.15, -0.1) is 0 Å². The van der Waals surface area contributed by atoms with Crippen LogP contribution in [0.2, 0.25) is 0 Å². The van der Waals surface area contributed by atoms with Gasteiger partial charge in [0.15, 0.2) is 6.61 Å². The van der Waals surface area contributed by atoms with E-state index in [1.165, 1.54) is 19.2 Å². The Morgan fingerprint density at radius 3 is 2.48 bits per heavy atom. The van der Waals surface area contributed by atoms with Gasteiger partial charge in [-0.25, -0.2) is 4.79 Å². The Morgan fingerprint density at radius 1 is 1.30 bits per heavy atom. The van der Waals surface area contributed by atoms with Gasteiger partial charge in [0.25, 0.3) is 11.6 Å². The van der Waals surface area contributed by atoms with Gasteiger partial charge in [0.1, 0.15) is 11.3 Å². The van der Waals surface area contributed by atoms with Crippen molar-refractivity contribution in [2.24, 2.45) is 5.92 Å². The van der Waals surface area contributed by atoms with E-state index in [1.54, 1.807) is 0 Å². The Hall–Kier alpha value is -2.64. The standard InChI is InChI=1S/C15H20N2O6/c1-9(2)10(3)16-14(18)8-23-15(19)12-7-11(17(20)21)5-6-13(12)22-4/h5-7,9-10H,8H2,1-4H3,(H,16,18)/t10-/m1/s1. The van der Waals surface area contributed by atoms with Crippen molar-refractivity contribution in [3.05, 3.63) is 33.9 Å². The van der Waals surface area contributed by atoms with Crippen LogP contribution in [0.3, 0.4) is 0 Å². The molecule has 0 aliphatic carbocycles. The fraction of sp³-hybridized carbons (Fsp3) is 0.467. The molecule has 0 unspecified atom stereocenters. The topological polar surface area (TPSA) is 108 Å². The van der Waals surface area contributed by atoms with Gasteiger partial charge in [-0.05, 0) is 18.9 Å². The number of hydrogen-bond acceptors (Lipinski definition) is 6. The second-order valence-electron chi connectivity index (χ2n) is 5.32. The molecule has 0 fully saturated rings. The summed E-state index contributed by atoms with van der Waals surface area (Å²) in [7, 11) is 1.33. The maximum atomic E-state index is 12.0. The van der Waals surface area contributed by atoms with Gasteiger partial charge >= 0.3 is 5.97 Å². The lowest BCUT2D eigenvalue weighted by atomic mass is 10.1. The molecule has 0 saturated carbocycles. The first-order valence-electron chi connectivity index (χ1n) is 7.05. The lowest BCUT2D eigenvalue weighted by molar-refractivity contribution is -0.384. The summed E-state index contributed by atoms with van der Waals surface area (Å²) in [6.45, 7) is 5.27. The highest BCUT2D eigenvalue weighted by molar-refractivity contribution is 5.94. The molecule has 126 valence electrons. The number of rotatable bonds is 7. The zero-order chi connectivity index (χ0) is 17.6. The van der Waals surface area contributed by atoms with Gasteiger partial charge in [-0.3, -0.25) is 14.9 Å². The third-order valence-electron chi connectivity index (χ3n) is 3.34. The number of nitrogens with zero attached hydrogens (tertiary/aromatic N) is 1. The third-order valence-corrected chi connectivity index (χ3v) is 3.34. The molecule has 0 aromatic heterocycles. The van der Waals surface area contributed by atoms with E-state index in [4.69, 9.17) is 9.47 Å². The first-order chi connectivity index (χ1) is 10.8. The maximum Gasteiger partial charge on any atom is 0.342 e. The lowest BCUT2D eigenvalue weighted by Gasteiger charge is -2.17. The molecule has 1 amide bonds. The van der Waals surface area contributed by atoms with E-state index in [0.717, 1.165) is 6.07 Å². The number of methoxy groups -OCH3 is 1. The predicted molar refractivity (Wildman–Crippen MR) is 82.4 cm³/mol. The van der Waals surface area contributed by atoms with E-state index in [0.29, 0.717) is 0 Å².